The van der Waals surface area contributed by atoms with Gasteiger partial charge in [0, 0.05) is 81.7 Å². The van der Waals surface area contributed by atoms with Gasteiger partial charge in [-0.25, -0.2) is 17.9 Å². The molecule has 3 atom stereocenters. The third-order valence-electron chi connectivity index (χ3n) is 14.1. The van der Waals surface area contributed by atoms with Gasteiger partial charge in [0.1, 0.15) is 12.1 Å². The molecule has 19 heteroatoms. The van der Waals surface area contributed by atoms with Gasteiger partial charge in [-0.15, -0.1) is 16.4 Å². The Morgan fingerprint density at radius 2 is 1.47 bits per heavy atom. The Morgan fingerprint density at radius 1 is 0.813 bits per heavy atom. The molecule has 2 saturated heterocycles. The molecular weight excluding hydrogens is 989 g/mol. The highest BCUT2D eigenvalue weighted by Gasteiger charge is 2.44. The second kappa shape index (κ2) is 24.3. The number of aryl methyl sites for hydroxylation is 1. The van der Waals surface area contributed by atoms with Crippen LogP contribution in [0.25, 0.3) is 27.3 Å². The van der Waals surface area contributed by atoms with E-state index in [1.807, 2.05) is 92.7 Å². The van der Waals surface area contributed by atoms with E-state index in [4.69, 9.17) is 0 Å². The maximum Gasteiger partial charge on any atom is 0.247 e. The van der Waals surface area contributed by atoms with Gasteiger partial charge in [0.15, 0.2) is 15.5 Å². The van der Waals surface area contributed by atoms with Gasteiger partial charge < -0.3 is 35.8 Å². The minimum absolute atomic E-state index is 0.0245. The average molecular weight is 1060 g/mol. The van der Waals surface area contributed by atoms with E-state index in [2.05, 4.69) is 48.0 Å². The molecule has 0 unspecified atom stereocenters. The summed E-state index contributed by atoms with van der Waals surface area (Å²) in [7, 11) is -3.30. The predicted octanol–water partition coefficient (Wildman–Crippen LogP) is 7.94. The Hall–Kier alpha value is -6.70. The SMILES string of the molecule is Cc1ncsc1-c1ccc(CNC(=O)[C@@H]2C[C@@H](O)CN2C(=O)[C@@H](NC(=O)CCCCCCCCCC(=O)N2CCN(c3ccc(Nc4nc5cccc(-c6ccc(S(C)(=O)=O)cc6)n5n4)cc3)CC2)C(C)(C)C)cc1. The first-order valence-electron chi connectivity index (χ1n) is 26.0. The molecule has 2 aliphatic heterocycles. The highest BCUT2D eigenvalue weighted by Crippen LogP contribution is 2.30. The number of thiazole rings is 1. The van der Waals surface area contributed by atoms with Crippen molar-refractivity contribution < 1.29 is 32.7 Å². The maximum absolute atomic E-state index is 14.0. The molecule has 0 spiro atoms. The molecule has 8 rings (SSSR count). The van der Waals surface area contributed by atoms with Crippen LogP contribution in [0.1, 0.15) is 96.2 Å². The molecule has 398 valence electrons. The minimum Gasteiger partial charge on any atom is -0.391 e. The number of aromatic nitrogens is 4. The number of aliphatic hydroxyl groups is 1. The predicted molar refractivity (Wildman–Crippen MR) is 293 cm³/mol. The number of aliphatic hydroxyl groups excluding tert-OH is 1. The van der Waals surface area contributed by atoms with Crippen LogP contribution in [-0.4, -0.2) is 124 Å². The number of nitrogens with zero attached hydrogens (tertiary/aromatic N) is 7. The highest BCUT2D eigenvalue weighted by molar-refractivity contribution is 7.90. The van der Waals surface area contributed by atoms with Crippen molar-refractivity contribution in [1.29, 1.82) is 0 Å². The van der Waals surface area contributed by atoms with Crippen LogP contribution in [0.3, 0.4) is 0 Å². The molecule has 2 fully saturated rings. The lowest BCUT2D eigenvalue weighted by Gasteiger charge is -2.36. The Labute approximate surface area is 444 Å². The molecule has 6 aromatic rings. The van der Waals surface area contributed by atoms with Gasteiger partial charge >= 0.3 is 0 Å². The van der Waals surface area contributed by atoms with Gasteiger partial charge in [0.25, 0.3) is 0 Å². The Kier molecular flexibility index (Phi) is 17.7. The molecule has 3 aromatic carbocycles. The zero-order valence-corrected chi connectivity index (χ0v) is 45.3. The van der Waals surface area contributed by atoms with Gasteiger partial charge in [0.2, 0.25) is 29.6 Å². The summed E-state index contributed by atoms with van der Waals surface area (Å²) in [6, 6.07) is 26.7. The number of sulfone groups is 1. The Balaban J connectivity index is 0.691. The van der Waals surface area contributed by atoms with Crippen LogP contribution < -0.4 is 20.9 Å². The third kappa shape index (κ3) is 14.2. The summed E-state index contributed by atoms with van der Waals surface area (Å²) in [6.45, 7) is 10.8. The molecule has 75 heavy (non-hydrogen) atoms. The number of carbonyl (C=O) groups excluding carboxylic acids is 4. The summed E-state index contributed by atoms with van der Waals surface area (Å²) in [4.78, 5) is 69.9. The van der Waals surface area contributed by atoms with E-state index in [1.54, 1.807) is 40.1 Å². The number of carbonyl (C=O) groups is 4. The quantitative estimate of drug-likeness (QED) is 0.0506. The van der Waals surface area contributed by atoms with Gasteiger partial charge in [-0.2, -0.15) is 4.98 Å². The van der Waals surface area contributed by atoms with E-state index >= 15 is 0 Å². The fourth-order valence-corrected chi connectivity index (χ4v) is 11.2. The van der Waals surface area contributed by atoms with Gasteiger partial charge in [-0.3, -0.25) is 19.2 Å². The molecule has 17 nitrogen and oxygen atoms in total. The Morgan fingerprint density at radius 3 is 2.11 bits per heavy atom. The number of rotatable bonds is 21. The Bertz CT molecular complexity index is 3040. The number of hydrogen-bond donors (Lipinski definition) is 4. The minimum atomic E-state index is -3.30. The molecule has 4 amide bonds. The van der Waals surface area contributed by atoms with Crippen LogP contribution in [0, 0.1) is 12.3 Å². The van der Waals surface area contributed by atoms with Gasteiger partial charge in [-0.1, -0.05) is 95.3 Å². The topological polar surface area (TPSA) is 212 Å². The number of β-amino-alcohol motifs (C(OH)–C–C–N with tert-alkyl or cyclic N) is 1. The molecule has 5 heterocycles. The molecule has 2 aliphatic rings. The first-order chi connectivity index (χ1) is 35.9. The lowest BCUT2D eigenvalue weighted by molar-refractivity contribution is -0.144. The van der Waals surface area contributed by atoms with Gasteiger partial charge in [-0.05, 0) is 84.8 Å². The van der Waals surface area contributed by atoms with E-state index in [0.717, 1.165) is 95.9 Å². The fraction of sp³-hybridized carbons (Fsp3) is 0.446. The summed E-state index contributed by atoms with van der Waals surface area (Å²) in [6.07, 6.45) is 7.71. The standard InChI is InChI=1S/C56H70N10O7S2/c1-38-51(74-37-58-38)41-20-18-39(19-21-41)35-57-53(70)47-34-44(67)36-65(47)54(71)52(56(2,3)4)61-49(68)16-11-9-7-6-8-10-12-17-50(69)64-32-30-63(31-33-64)43-26-24-42(25-27-43)59-55-60-48-15-13-14-46(66(48)62-55)40-22-28-45(29-23-40)75(5,72)73/h13-15,18-29,37,44,47,52,67H,6-12,16-17,30-36H2,1-5H3,(H,57,70)(H,59,62)(H,61,68)/t44-,47+,52-/m1/s1. The second-order valence-electron chi connectivity index (χ2n) is 20.9. The number of anilines is 3. The van der Waals surface area contributed by atoms with Crippen LogP contribution in [0.5, 0.6) is 0 Å². The van der Waals surface area contributed by atoms with Crippen molar-refractivity contribution in [2.75, 3.05) is 49.2 Å². The van der Waals surface area contributed by atoms with Crippen molar-refractivity contribution >= 4 is 67.8 Å². The molecule has 0 saturated carbocycles. The van der Waals surface area contributed by atoms with Crippen LogP contribution in [-0.2, 0) is 35.6 Å². The average Bonchev–Trinajstić information content (AvgIpc) is 4.14. The van der Waals surface area contributed by atoms with Crippen LogP contribution in [0.2, 0.25) is 0 Å². The zero-order chi connectivity index (χ0) is 53.3. The number of likely N-dealkylation sites (tertiary alicyclic amines) is 1. The first kappa shape index (κ1) is 54.6. The molecule has 4 N–H and O–H groups in total. The number of hydrogen-bond acceptors (Lipinski definition) is 13. The van der Waals surface area contributed by atoms with Crippen molar-refractivity contribution in [2.45, 2.75) is 122 Å². The van der Waals surface area contributed by atoms with E-state index in [9.17, 15) is 32.7 Å². The number of fused-ring (bicyclic) bond motifs is 1. The summed E-state index contributed by atoms with van der Waals surface area (Å²) in [5.41, 5.74) is 8.30. The summed E-state index contributed by atoms with van der Waals surface area (Å²) in [5, 5.41) is 24.5. The monoisotopic (exact) mass is 1060 g/mol. The fourth-order valence-electron chi connectivity index (χ4n) is 9.77. The summed E-state index contributed by atoms with van der Waals surface area (Å²) in [5.74, 6) is -0.283. The van der Waals surface area contributed by atoms with Crippen LogP contribution in [0.15, 0.2) is 101 Å². The second-order valence-corrected chi connectivity index (χ2v) is 23.7. The number of pyridine rings is 1. The van der Waals surface area contributed by atoms with Gasteiger partial charge in [0.05, 0.1) is 32.8 Å². The van der Waals surface area contributed by atoms with Crippen molar-refractivity contribution in [3.63, 3.8) is 0 Å². The molecule has 3 aromatic heterocycles. The number of amides is 4. The van der Waals surface area contributed by atoms with E-state index < -0.39 is 33.4 Å². The normalized spacial score (nSPS) is 16.5. The molecular formula is C56H70N10O7S2. The number of benzene rings is 3. The van der Waals surface area contributed by atoms with Crippen molar-refractivity contribution in [2.24, 2.45) is 5.41 Å². The lowest BCUT2D eigenvalue weighted by atomic mass is 9.85. The van der Waals surface area contributed by atoms with Crippen LogP contribution in [0.4, 0.5) is 17.3 Å². The molecule has 0 radical (unpaired) electrons. The maximum atomic E-state index is 14.0. The smallest absolute Gasteiger partial charge is 0.247 e. The van der Waals surface area contributed by atoms with E-state index in [0.29, 0.717) is 37.5 Å². The van der Waals surface area contributed by atoms with E-state index in [-0.39, 0.29) is 54.5 Å². The third-order valence-corrected chi connectivity index (χ3v) is 16.2. The number of unbranched alkanes of at least 4 members (excludes halogenated alkanes) is 6. The summed E-state index contributed by atoms with van der Waals surface area (Å²) < 4.78 is 25.6. The first-order valence-corrected chi connectivity index (χ1v) is 28.8. The van der Waals surface area contributed by atoms with E-state index in [1.165, 1.54) is 11.2 Å². The van der Waals surface area contributed by atoms with Crippen molar-refractivity contribution in [3.8, 4) is 21.7 Å². The lowest BCUT2D eigenvalue weighted by Crippen LogP contribution is -2.57. The summed E-state index contributed by atoms with van der Waals surface area (Å²) >= 11 is 1.58. The number of nitrogens with one attached hydrogen (secondary N) is 3. The highest BCUT2D eigenvalue weighted by atomic mass is 32.2. The number of piperazine rings is 1. The largest absolute Gasteiger partial charge is 0.391 e. The van der Waals surface area contributed by atoms with Crippen LogP contribution >= 0.6 is 11.3 Å². The molecule has 0 bridgehead atoms. The van der Waals surface area contributed by atoms with Crippen molar-refractivity contribution in [3.05, 3.63) is 108 Å². The zero-order valence-electron chi connectivity index (χ0n) is 43.6. The molecule has 0 aliphatic carbocycles. The van der Waals surface area contributed by atoms with Crippen molar-refractivity contribution in [1.82, 2.24) is 40.0 Å².